The molecule has 0 bridgehead atoms. The molecule has 12 rings (SSSR count). The third-order valence-electron chi connectivity index (χ3n) is 20.9. The van der Waals surface area contributed by atoms with Crippen molar-refractivity contribution in [3.63, 3.8) is 0 Å². The Morgan fingerprint density at radius 1 is 0.246 bits per heavy atom. The van der Waals surface area contributed by atoms with Crippen molar-refractivity contribution in [3.8, 4) is 160 Å². The second kappa shape index (κ2) is 46.7. The lowest BCUT2D eigenvalue weighted by atomic mass is 10.0. The van der Waals surface area contributed by atoms with Crippen LogP contribution >= 0.6 is 0 Å². The second-order valence-electron chi connectivity index (χ2n) is 29.5. The van der Waals surface area contributed by atoms with Crippen molar-refractivity contribution in [1.82, 2.24) is 44.9 Å². The zero-order valence-corrected chi connectivity index (χ0v) is 70.6. The fourth-order valence-corrected chi connectivity index (χ4v) is 13.3. The summed E-state index contributed by atoms with van der Waals surface area (Å²) >= 11 is 0. The fraction of sp³-hybridized carbons (Fsp3) is 0.364. The largest absolute Gasteiger partial charge is 0.507 e. The van der Waals surface area contributed by atoms with E-state index in [-0.39, 0.29) is 17.2 Å². The molecule has 3 aromatic heterocycles. The number of unbranched alkanes of at least 4 members (excludes halogenated alkanes) is 4. The Hall–Kier alpha value is -12.0. The first-order valence-electron chi connectivity index (χ1n) is 42.2. The highest BCUT2D eigenvalue weighted by molar-refractivity contribution is 5.74. The van der Waals surface area contributed by atoms with Gasteiger partial charge in [-0.2, -0.15) is 0 Å². The van der Waals surface area contributed by atoms with Crippen molar-refractivity contribution in [2.45, 2.75) is 165 Å². The Morgan fingerprint density at radius 3 is 0.695 bits per heavy atom. The van der Waals surface area contributed by atoms with E-state index in [2.05, 4.69) is 70.3 Å². The van der Waals surface area contributed by atoms with Gasteiger partial charge in [0.25, 0.3) is 0 Å². The van der Waals surface area contributed by atoms with Crippen LogP contribution in [0.5, 0.6) is 57.5 Å². The second-order valence-corrected chi connectivity index (χ2v) is 29.5. The van der Waals surface area contributed by atoms with Crippen LogP contribution < -0.4 is 33.2 Å². The van der Waals surface area contributed by atoms with Crippen LogP contribution in [0.4, 0.5) is 0 Å². The van der Waals surface area contributed by atoms with Crippen LogP contribution in [0.25, 0.3) is 102 Å². The predicted molar refractivity (Wildman–Crippen MR) is 473 cm³/mol. The first-order valence-corrected chi connectivity index (χ1v) is 42.2. The first-order chi connectivity index (χ1) is 57.7. The van der Waals surface area contributed by atoms with Gasteiger partial charge in [0.2, 0.25) is 0 Å². The van der Waals surface area contributed by atoms with Crippen molar-refractivity contribution in [2.24, 2.45) is 23.7 Å². The van der Waals surface area contributed by atoms with E-state index in [1.165, 1.54) is 64.2 Å². The van der Waals surface area contributed by atoms with E-state index >= 15 is 0 Å². The smallest absolute Gasteiger partial charge is 0.167 e. The summed E-state index contributed by atoms with van der Waals surface area (Å²) in [6.07, 6.45) is 18.6. The molecule has 0 saturated carbocycles. The fourth-order valence-electron chi connectivity index (χ4n) is 13.3. The van der Waals surface area contributed by atoms with E-state index in [1.807, 2.05) is 183 Å². The van der Waals surface area contributed by atoms with Crippen molar-refractivity contribution >= 4 is 0 Å². The topological polar surface area (TPSA) is 241 Å². The Bertz CT molecular complexity index is 4780. The molecule has 0 fully saturated rings. The lowest BCUT2D eigenvalue weighted by Gasteiger charge is -2.16. The van der Waals surface area contributed by atoms with Gasteiger partial charge in [-0.1, -0.05) is 193 Å². The molecule has 4 atom stereocenters. The van der Waals surface area contributed by atoms with E-state index < -0.39 is 0 Å². The Balaban J connectivity index is 0.000000195. The minimum Gasteiger partial charge on any atom is -0.507 e. The van der Waals surface area contributed by atoms with E-state index in [1.54, 1.807) is 50.6 Å². The lowest BCUT2D eigenvalue weighted by molar-refractivity contribution is 0.232. The number of rotatable bonds is 41. The summed E-state index contributed by atoms with van der Waals surface area (Å²) < 4.78 is 40.5. The van der Waals surface area contributed by atoms with Gasteiger partial charge in [0, 0.05) is 51.6 Å². The van der Waals surface area contributed by atoms with Crippen molar-refractivity contribution in [1.29, 1.82) is 0 Å². The molecule has 618 valence electrons. The number of methoxy groups -OCH3 is 2. The highest BCUT2D eigenvalue weighted by atomic mass is 16.5. The molecule has 0 aliphatic rings. The molecule has 19 heteroatoms. The third-order valence-corrected chi connectivity index (χ3v) is 20.9. The maximum atomic E-state index is 11.2. The Kier molecular flexibility index (Phi) is 35.0. The number of nitrogens with zero attached hydrogens (tertiary/aromatic N) is 9. The van der Waals surface area contributed by atoms with Crippen LogP contribution in [-0.2, 0) is 0 Å². The molecule has 118 heavy (non-hydrogen) atoms. The van der Waals surface area contributed by atoms with Crippen LogP contribution in [-0.4, -0.2) is 107 Å². The lowest BCUT2D eigenvalue weighted by Crippen LogP contribution is -2.11. The zero-order valence-electron chi connectivity index (χ0n) is 70.6. The molecule has 0 spiro atoms. The van der Waals surface area contributed by atoms with Gasteiger partial charge in [0.05, 0.1) is 63.9 Å². The summed E-state index contributed by atoms with van der Waals surface area (Å²) in [5.74, 6) is 11.6. The molecule has 12 aromatic rings. The van der Waals surface area contributed by atoms with Gasteiger partial charge in [0.1, 0.15) is 57.5 Å². The molecular formula is C99H117N9O10. The van der Waals surface area contributed by atoms with Crippen LogP contribution in [0.3, 0.4) is 0 Å². The number of aromatic hydroxyl groups is 3. The SMILES string of the molecule is CCCCC(CC)COc1ccc(-c2nc(-c3ccc(OC)cc3)nc(-c3ccc(OC)cc3)n2)c(O)c1.CCCCC(CC)COc1ccc(-c2nc(-c3ccc(OCC(CC)CCCC)cc3)nc(-c3ccc(OCC(CC)CCCC)cc3O)n2)cc1.CCOc1ccc(-c2nc(-c3ccccc3)nc(-c3ccccc3)n2)c(O)c1. The van der Waals surface area contributed by atoms with Gasteiger partial charge in [-0.3, -0.25) is 0 Å². The standard InChI is InChI=1S/C45H63N3O4.C31H35N3O4.C23H19N3O2/c1-7-13-16-33(10-4)30-50-38-23-19-36(20-24-38)43-46-44(37-21-25-39(26-22-37)51-31-34(11-5)17-14-8-2)48-45(47-43)41-28-27-40(29-42(41)49)52-32-35(12-6)18-15-9-3;1-5-7-8-21(6-2)20-38-26-17-18-27(28(35)19-26)31-33-29(22-9-13-24(36-3)14-10-22)32-30(34-31)23-11-15-25(37-4)16-12-23;1-2-28-18-13-14-19(20(27)15-18)23-25-21(16-9-5-3-6-10-16)24-22(26-23)17-11-7-4-8-12-17/h19-29,33-35,49H,7-18,30-32H2,1-6H3;9-19,21,35H,5-8,20H2,1-4H3;3-15,27H,2H2,1H3. The maximum absolute atomic E-state index is 11.2. The molecule has 0 amide bonds. The van der Waals surface area contributed by atoms with Gasteiger partial charge in [0.15, 0.2) is 52.4 Å². The summed E-state index contributed by atoms with van der Waals surface area (Å²) in [4.78, 5) is 42.7. The van der Waals surface area contributed by atoms with E-state index in [0.717, 1.165) is 94.9 Å². The summed E-state index contributed by atoms with van der Waals surface area (Å²) in [6, 6.07) is 66.2. The predicted octanol–water partition coefficient (Wildman–Crippen LogP) is 24.5. The summed E-state index contributed by atoms with van der Waals surface area (Å²) in [6.45, 7) is 22.8. The minimum atomic E-state index is 0.0525. The molecule has 4 unspecified atom stereocenters. The molecule has 0 aliphatic heterocycles. The summed E-state index contributed by atoms with van der Waals surface area (Å²) in [5.41, 5.74) is 6.60. The quantitative estimate of drug-likeness (QED) is 0.0323. The number of phenolic OH excluding ortho intramolecular Hbond substituents is 3. The van der Waals surface area contributed by atoms with Crippen molar-refractivity contribution in [2.75, 3.05) is 47.3 Å². The summed E-state index contributed by atoms with van der Waals surface area (Å²) in [7, 11) is 3.25. The molecule has 0 aliphatic carbocycles. The van der Waals surface area contributed by atoms with Crippen molar-refractivity contribution < 1.29 is 48.5 Å². The highest BCUT2D eigenvalue weighted by Gasteiger charge is 2.22. The normalized spacial score (nSPS) is 12.0. The molecule has 9 aromatic carbocycles. The maximum Gasteiger partial charge on any atom is 0.167 e. The van der Waals surface area contributed by atoms with Gasteiger partial charge in [-0.25, -0.2) is 44.9 Å². The van der Waals surface area contributed by atoms with Crippen LogP contribution in [0.1, 0.15) is 165 Å². The Morgan fingerprint density at radius 2 is 0.466 bits per heavy atom. The highest BCUT2D eigenvalue weighted by Crippen LogP contribution is 2.38. The molecule has 0 saturated heterocycles. The van der Waals surface area contributed by atoms with Crippen LogP contribution in [0.2, 0.25) is 0 Å². The van der Waals surface area contributed by atoms with Crippen LogP contribution in [0.15, 0.2) is 212 Å². The third kappa shape index (κ3) is 26.0. The van der Waals surface area contributed by atoms with Crippen molar-refractivity contribution in [3.05, 3.63) is 212 Å². The minimum absolute atomic E-state index is 0.0525. The average Bonchev–Trinajstić information content (AvgIpc) is 0.814. The molecule has 3 heterocycles. The number of hydrogen-bond donors (Lipinski definition) is 3. The van der Waals surface area contributed by atoms with Gasteiger partial charge in [-0.15, -0.1) is 0 Å². The molecule has 0 radical (unpaired) electrons. The number of phenols is 3. The first kappa shape index (κ1) is 88.4. The Labute approximate surface area is 697 Å². The molecular weight excluding hydrogens is 1480 g/mol. The average molecular weight is 1590 g/mol. The van der Waals surface area contributed by atoms with E-state index in [4.69, 9.17) is 63.1 Å². The molecule has 3 N–H and O–H groups in total. The summed E-state index contributed by atoms with van der Waals surface area (Å²) in [5, 5.41) is 32.7. The molecule has 19 nitrogen and oxygen atoms in total. The van der Waals surface area contributed by atoms with Gasteiger partial charge < -0.3 is 48.5 Å². The van der Waals surface area contributed by atoms with Gasteiger partial charge in [-0.05, 0) is 190 Å². The number of hydrogen-bond acceptors (Lipinski definition) is 19. The number of ether oxygens (including phenoxy) is 7. The van der Waals surface area contributed by atoms with Gasteiger partial charge >= 0.3 is 0 Å². The van der Waals surface area contributed by atoms with E-state index in [9.17, 15) is 15.3 Å². The monoisotopic (exact) mass is 1590 g/mol. The van der Waals surface area contributed by atoms with E-state index in [0.29, 0.717) is 143 Å². The number of aromatic nitrogens is 9. The number of benzene rings is 9. The van der Waals surface area contributed by atoms with Crippen LogP contribution in [0, 0.1) is 23.7 Å². The zero-order chi connectivity index (χ0) is 83.4.